The predicted octanol–water partition coefficient (Wildman–Crippen LogP) is 3.21. The van der Waals surface area contributed by atoms with E-state index in [1.165, 1.54) is 12.8 Å². The number of hydrogen-bond acceptors (Lipinski definition) is 7. The van der Waals surface area contributed by atoms with Crippen LogP contribution in [0.4, 0.5) is 0 Å². The molecular formula is C20H39ClO7. The number of alkyl halides is 1. The number of unbranched alkanes of at least 4 members (excludes halogenated alkanes) is 3. The Morgan fingerprint density at radius 3 is 1.50 bits per heavy atom. The third-order valence-corrected chi connectivity index (χ3v) is 3.87. The van der Waals surface area contributed by atoms with Gasteiger partial charge in [0.25, 0.3) is 0 Å². The summed E-state index contributed by atoms with van der Waals surface area (Å²) < 4.78 is 32.0. The van der Waals surface area contributed by atoms with Crippen LogP contribution in [0.2, 0.25) is 0 Å². The summed E-state index contributed by atoms with van der Waals surface area (Å²) >= 11 is 5.62. The van der Waals surface area contributed by atoms with Crippen LogP contribution in [0.5, 0.6) is 0 Å². The van der Waals surface area contributed by atoms with E-state index >= 15 is 0 Å². The van der Waals surface area contributed by atoms with Crippen molar-refractivity contribution >= 4 is 17.6 Å². The Labute approximate surface area is 175 Å². The Kier molecular flexibility index (Phi) is 24.2. The predicted molar refractivity (Wildman–Crippen MR) is 109 cm³/mol. The first-order valence-corrected chi connectivity index (χ1v) is 10.9. The zero-order chi connectivity index (χ0) is 20.5. The fraction of sp³-hybridized carbons (Fsp3) is 0.950. The molecule has 0 bridgehead atoms. The average molecular weight is 427 g/mol. The highest BCUT2D eigenvalue weighted by Gasteiger charge is 1.99. The van der Waals surface area contributed by atoms with Gasteiger partial charge in [-0.3, -0.25) is 4.79 Å². The lowest BCUT2D eigenvalue weighted by Crippen LogP contribution is -2.15. The minimum Gasteiger partial charge on any atom is -0.463 e. The number of ether oxygens (including phenoxy) is 6. The van der Waals surface area contributed by atoms with Crippen LogP contribution in [0.15, 0.2) is 0 Å². The summed E-state index contributed by atoms with van der Waals surface area (Å²) in [5.41, 5.74) is 0. The number of halogens is 1. The molecule has 0 amide bonds. The normalized spacial score (nSPS) is 11.1. The second-order valence-electron chi connectivity index (χ2n) is 6.14. The molecule has 0 aromatic carbocycles. The second-order valence-corrected chi connectivity index (χ2v) is 6.51. The van der Waals surface area contributed by atoms with Crippen molar-refractivity contribution in [1.29, 1.82) is 0 Å². The van der Waals surface area contributed by atoms with E-state index < -0.39 is 0 Å². The second kappa shape index (κ2) is 24.6. The molecule has 0 radical (unpaired) electrons. The van der Waals surface area contributed by atoms with Gasteiger partial charge in [0.15, 0.2) is 0 Å². The van der Waals surface area contributed by atoms with Gasteiger partial charge >= 0.3 is 5.97 Å². The number of rotatable bonds is 23. The van der Waals surface area contributed by atoms with Gasteiger partial charge in [0, 0.05) is 18.9 Å². The fourth-order valence-electron chi connectivity index (χ4n) is 2.12. The van der Waals surface area contributed by atoms with Crippen molar-refractivity contribution in [3.63, 3.8) is 0 Å². The molecule has 0 aliphatic rings. The third-order valence-electron chi connectivity index (χ3n) is 3.61. The van der Waals surface area contributed by atoms with Crippen molar-refractivity contribution in [2.24, 2.45) is 0 Å². The summed E-state index contributed by atoms with van der Waals surface area (Å²) in [6.45, 7) is 7.73. The fourth-order valence-corrected chi connectivity index (χ4v) is 2.31. The lowest BCUT2D eigenvalue weighted by molar-refractivity contribution is -0.145. The first-order chi connectivity index (χ1) is 13.8. The van der Waals surface area contributed by atoms with E-state index in [1.54, 1.807) is 0 Å². The van der Waals surface area contributed by atoms with Crippen molar-refractivity contribution in [3.05, 3.63) is 0 Å². The van der Waals surface area contributed by atoms with Crippen LogP contribution in [0, 0.1) is 0 Å². The number of carbonyl (C=O) groups is 1. The van der Waals surface area contributed by atoms with Gasteiger partial charge < -0.3 is 28.4 Å². The summed E-state index contributed by atoms with van der Waals surface area (Å²) in [5, 5.41) is 0. The molecule has 0 rings (SSSR count). The van der Waals surface area contributed by atoms with E-state index in [-0.39, 0.29) is 5.97 Å². The zero-order valence-electron chi connectivity index (χ0n) is 17.5. The van der Waals surface area contributed by atoms with Crippen molar-refractivity contribution < 1.29 is 33.2 Å². The maximum Gasteiger partial charge on any atom is 0.305 e. The quantitative estimate of drug-likeness (QED) is 0.141. The highest BCUT2D eigenvalue weighted by Crippen LogP contribution is 2.01. The number of hydrogen-bond donors (Lipinski definition) is 0. The third kappa shape index (κ3) is 23.6. The molecule has 168 valence electrons. The van der Waals surface area contributed by atoms with Gasteiger partial charge in [-0.1, -0.05) is 19.8 Å². The molecule has 28 heavy (non-hydrogen) atoms. The topological polar surface area (TPSA) is 72.5 Å². The Morgan fingerprint density at radius 2 is 1.04 bits per heavy atom. The van der Waals surface area contributed by atoms with Crippen LogP contribution in [0.25, 0.3) is 0 Å². The van der Waals surface area contributed by atoms with Gasteiger partial charge in [-0.15, -0.1) is 11.6 Å². The average Bonchev–Trinajstić information content (AvgIpc) is 2.69. The van der Waals surface area contributed by atoms with E-state index in [2.05, 4.69) is 0 Å². The molecule has 0 saturated heterocycles. The van der Waals surface area contributed by atoms with E-state index in [4.69, 9.17) is 40.0 Å². The minimum absolute atomic E-state index is 0.176. The lowest BCUT2D eigenvalue weighted by atomic mass is 10.2. The molecule has 0 heterocycles. The van der Waals surface area contributed by atoms with Crippen molar-refractivity contribution in [2.45, 2.75) is 45.4 Å². The van der Waals surface area contributed by atoms with Gasteiger partial charge in [-0.2, -0.15) is 0 Å². The van der Waals surface area contributed by atoms with Crippen molar-refractivity contribution in [1.82, 2.24) is 0 Å². The molecule has 0 unspecified atom stereocenters. The molecule has 0 aliphatic heterocycles. The maximum absolute atomic E-state index is 11.1. The van der Waals surface area contributed by atoms with E-state index in [0.29, 0.717) is 72.5 Å². The van der Waals surface area contributed by atoms with Crippen molar-refractivity contribution in [3.8, 4) is 0 Å². The standard InChI is InChI=1S/C20H39ClO7/c1-2-7-20(22)28-19-18-27-17-16-26-15-14-25-13-12-24-11-10-23-9-6-4-3-5-8-21/h2-19H2,1H3. The van der Waals surface area contributed by atoms with Gasteiger partial charge in [-0.05, 0) is 19.3 Å². The van der Waals surface area contributed by atoms with Crippen LogP contribution in [-0.2, 0) is 33.2 Å². The minimum atomic E-state index is -0.176. The van der Waals surface area contributed by atoms with Crippen LogP contribution in [0.3, 0.4) is 0 Å². The Balaban J connectivity index is 3.02. The van der Waals surface area contributed by atoms with E-state index in [1.807, 2.05) is 6.92 Å². The summed E-state index contributed by atoms with van der Waals surface area (Å²) in [4.78, 5) is 11.1. The molecule has 0 aromatic rings. The summed E-state index contributed by atoms with van der Waals surface area (Å²) in [5.74, 6) is 0.570. The van der Waals surface area contributed by atoms with E-state index in [9.17, 15) is 4.79 Å². The molecule has 0 saturated carbocycles. The van der Waals surface area contributed by atoms with Gasteiger partial charge in [0.1, 0.15) is 6.61 Å². The molecule has 0 aromatic heterocycles. The molecule has 7 nitrogen and oxygen atoms in total. The Morgan fingerprint density at radius 1 is 0.607 bits per heavy atom. The zero-order valence-corrected chi connectivity index (χ0v) is 18.2. The maximum atomic E-state index is 11.1. The smallest absolute Gasteiger partial charge is 0.305 e. The highest BCUT2D eigenvalue weighted by molar-refractivity contribution is 6.17. The van der Waals surface area contributed by atoms with Crippen LogP contribution in [0.1, 0.15) is 45.4 Å². The van der Waals surface area contributed by atoms with Gasteiger partial charge in [-0.25, -0.2) is 0 Å². The Bertz CT molecular complexity index is 319. The number of carbonyl (C=O) groups excluding carboxylic acids is 1. The van der Waals surface area contributed by atoms with Gasteiger partial charge in [0.2, 0.25) is 0 Å². The molecule has 0 atom stereocenters. The van der Waals surface area contributed by atoms with Crippen molar-refractivity contribution in [2.75, 3.05) is 78.6 Å². The SMILES string of the molecule is CCCC(=O)OCCOCCOCCOCCOCCOCCCCCCCl. The molecule has 0 aliphatic carbocycles. The van der Waals surface area contributed by atoms with Crippen LogP contribution in [-0.4, -0.2) is 84.5 Å². The highest BCUT2D eigenvalue weighted by atomic mass is 35.5. The van der Waals surface area contributed by atoms with Gasteiger partial charge in [0.05, 0.1) is 59.5 Å². The van der Waals surface area contributed by atoms with Crippen LogP contribution >= 0.6 is 11.6 Å². The lowest BCUT2D eigenvalue weighted by Gasteiger charge is -2.08. The number of esters is 1. The monoisotopic (exact) mass is 426 g/mol. The summed E-state index contributed by atoms with van der Waals surface area (Å²) in [7, 11) is 0. The molecule has 0 spiro atoms. The molecular weight excluding hydrogens is 388 g/mol. The molecule has 0 N–H and O–H groups in total. The van der Waals surface area contributed by atoms with Crippen LogP contribution < -0.4 is 0 Å². The first kappa shape index (κ1) is 27.6. The largest absolute Gasteiger partial charge is 0.463 e. The molecule has 0 fully saturated rings. The van der Waals surface area contributed by atoms with E-state index in [0.717, 1.165) is 31.7 Å². The summed E-state index contributed by atoms with van der Waals surface area (Å²) in [6, 6.07) is 0. The summed E-state index contributed by atoms with van der Waals surface area (Å²) in [6.07, 6.45) is 5.76. The molecule has 8 heteroatoms. The first-order valence-electron chi connectivity index (χ1n) is 10.4. The Hall–Kier alpha value is -0.440.